The number of alkyl halides is 3. The lowest BCUT2D eigenvalue weighted by Gasteiger charge is -2.17. The molecule has 108 valence electrons. The monoisotopic (exact) mass is 319 g/mol. The largest absolute Gasteiger partial charge is 0.443 e. The van der Waals surface area contributed by atoms with Gasteiger partial charge in [0.25, 0.3) is 0 Å². The number of thiazole rings is 1. The lowest BCUT2D eigenvalue weighted by atomic mass is 9.95. The zero-order valence-electron chi connectivity index (χ0n) is 11.0. The standard InChI is InChI=1S/C12H12F3N3S2/c1-11(2,3)9-17-6(4-8(19)18-9)7-5-16-10(20-7)12(13,14)15/h4-5H,1-3H3,(H,17,18,19). The van der Waals surface area contributed by atoms with Gasteiger partial charge in [0, 0.05) is 11.6 Å². The first-order valence-corrected chi connectivity index (χ1v) is 6.95. The first-order valence-electron chi connectivity index (χ1n) is 5.72. The van der Waals surface area contributed by atoms with Crippen LogP contribution in [0.1, 0.15) is 31.6 Å². The molecule has 0 aliphatic rings. The Morgan fingerprint density at radius 2 is 1.90 bits per heavy atom. The van der Waals surface area contributed by atoms with E-state index in [9.17, 15) is 13.2 Å². The Bertz CT molecular complexity index is 680. The second-order valence-electron chi connectivity index (χ2n) is 5.26. The van der Waals surface area contributed by atoms with Crippen LogP contribution in [0.4, 0.5) is 13.2 Å². The summed E-state index contributed by atoms with van der Waals surface area (Å²) in [5, 5.41) is -0.874. The highest BCUT2D eigenvalue weighted by atomic mass is 32.1. The number of hydrogen-bond donors (Lipinski definition) is 1. The molecule has 2 aromatic heterocycles. The molecule has 0 atom stereocenters. The summed E-state index contributed by atoms with van der Waals surface area (Å²) in [5.41, 5.74) is 0.226. The molecule has 20 heavy (non-hydrogen) atoms. The molecule has 0 saturated heterocycles. The van der Waals surface area contributed by atoms with E-state index in [4.69, 9.17) is 12.2 Å². The van der Waals surface area contributed by atoms with E-state index in [2.05, 4.69) is 15.0 Å². The van der Waals surface area contributed by atoms with Gasteiger partial charge in [0.1, 0.15) is 10.5 Å². The van der Waals surface area contributed by atoms with Crippen molar-refractivity contribution in [3.63, 3.8) is 0 Å². The fourth-order valence-corrected chi connectivity index (χ4v) is 2.44. The number of nitrogens with zero attached hydrogens (tertiary/aromatic N) is 2. The number of halogens is 3. The normalized spacial score (nSPS) is 12.7. The van der Waals surface area contributed by atoms with Crippen LogP contribution in [0, 0.1) is 4.64 Å². The maximum atomic E-state index is 12.6. The Labute approximate surface area is 122 Å². The van der Waals surface area contributed by atoms with Gasteiger partial charge >= 0.3 is 6.18 Å². The zero-order chi connectivity index (χ0) is 15.1. The molecule has 2 aromatic rings. The van der Waals surface area contributed by atoms with E-state index in [1.165, 1.54) is 12.3 Å². The van der Waals surface area contributed by atoms with E-state index in [0.717, 1.165) is 0 Å². The molecule has 0 fully saturated rings. The van der Waals surface area contributed by atoms with Gasteiger partial charge < -0.3 is 4.98 Å². The summed E-state index contributed by atoms with van der Waals surface area (Å²) in [6.07, 6.45) is -3.24. The Hall–Kier alpha value is -1.28. The van der Waals surface area contributed by atoms with Gasteiger partial charge in [-0.1, -0.05) is 33.0 Å². The van der Waals surface area contributed by atoms with Crippen LogP contribution in [0.3, 0.4) is 0 Å². The maximum absolute atomic E-state index is 12.6. The number of rotatable bonds is 1. The molecule has 0 spiro atoms. The Morgan fingerprint density at radius 1 is 1.25 bits per heavy atom. The minimum Gasteiger partial charge on any atom is -0.342 e. The zero-order valence-corrected chi connectivity index (χ0v) is 12.6. The second-order valence-corrected chi connectivity index (χ2v) is 6.71. The summed E-state index contributed by atoms with van der Waals surface area (Å²) in [5.74, 6) is 0.627. The summed E-state index contributed by atoms with van der Waals surface area (Å²) in [6, 6.07) is 1.54. The molecule has 0 amide bonds. The topological polar surface area (TPSA) is 41.6 Å². The fourth-order valence-electron chi connectivity index (χ4n) is 1.48. The van der Waals surface area contributed by atoms with Crippen molar-refractivity contribution in [1.82, 2.24) is 15.0 Å². The number of aromatic amines is 1. The van der Waals surface area contributed by atoms with E-state index in [1.807, 2.05) is 20.8 Å². The second kappa shape index (κ2) is 4.92. The molecule has 0 unspecified atom stereocenters. The molecule has 0 aliphatic heterocycles. The van der Waals surface area contributed by atoms with E-state index in [-0.39, 0.29) is 5.41 Å². The van der Waals surface area contributed by atoms with Crippen molar-refractivity contribution in [2.75, 3.05) is 0 Å². The van der Waals surface area contributed by atoms with E-state index >= 15 is 0 Å². The predicted octanol–water partition coefficient (Wildman–Crippen LogP) is 4.58. The molecule has 2 rings (SSSR count). The van der Waals surface area contributed by atoms with Crippen LogP contribution in [0.15, 0.2) is 12.3 Å². The minimum absolute atomic E-state index is 0.277. The third kappa shape index (κ3) is 3.24. The quantitative estimate of drug-likeness (QED) is 0.782. The van der Waals surface area contributed by atoms with Gasteiger partial charge in [0.05, 0.1) is 10.6 Å². The van der Waals surface area contributed by atoms with Crippen LogP contribution in [-0.2, 0) is 11.6 Å². The van der Waals surface area contributed by atoms with Crippen LogP contribution < -0.4 is 0 Å². The van der Waals surface area contributed by atoms with Crippen molar-refractivity contribution in [2.24, 2.45) is 0 Å². The van der Waals surface area contributed by atoms with E-state index in [1.54, 1.807) is 0 Å². The number of aromatic nitrogens is 3. The summed E-state index contributed by atoms with van der Waals surface area (Å²) < 4.78 is 38.0. The number of H-pyrrole nitrogens is 1. The van der Waals surface area contributed by atoms with Gasteiger partial charge in [0.2, 0.25) is 0 Å². The lowest BCUT2D eigenvalue weighted by Crippen LogP contribution is -2.16. The fraction of sp³-hybridized carbons (Fsp3) is 0.417. The molecule has 0 radical (unpaired) electrons. The van der Waals surface area contributed by atoms with Crippen molar-refractivity contribution < 1.29 is 13.2 Å². The van der Waals surface area contributed by atoms with Gasteiger partial charge in [-0.15, -0.1) is 11.3 Å². The van der Waals surface area contributed by atoms with Gasteiger partial charge in [-0.2, -0.15) is 13.2 Å². The lowest BCUT2D eigenvalue weighted by molar-refractivity contribution is -0.137. The molecule has 0 bridgehead atoms. The average molecular weight is 319 g/mol. The highest BCUT2D eigenvalue weighted by Gasteiger charge is 2.34. The molecule has 3 nitrogen and oxygen atoms in total. The number of nitrogens with one attached hydrogen (secondary N) is 1. The van der Waals surface area contributed by atoms with Crippen molar-refractivity contribution in [1.29, 1.82) is 0 Å². The van der Waals surface area contributed by atoms with Gasteiger partial charge in [-0.05, 0) is 6.07 Å². The summed E-state index contributed by atoms with van der Waals surface area (Å²) >= 11 is 5.65. The van der Waals surface area contributed by atoms with Crippen molar-refractivity contribution in [3.05, 3.63) is 27.7 Å². The minimum atomic E-state index is -4.43. The highest BCUT2D eigenvalue weighted by molar-refractivity contribution is 7.71. The van der Waals surface area contributed by atoms with Gasteiger partial charge in [-0.3, -0.25) is 0 Å². The molecule has 8 heteroatoms. The molecule has 1 N–H and O–H groups in total. The van der Waals surface area contributed by atoms with Crippen LogP contribution in [0.5, 0.6) is 0 Å². The smallest absolute Gasteiger partial charge is 0.342 e. The summed E-state index contributed by atoms with van der Waals surface area (Å²) in [7, 11) is 0. The summed E-state index contributed by atoms with van der Waals surface area (Å²) in [6.45, 7) is 5.83. The Kier molecular flexibility index (Phi) is 3.72. The molecule has 0 aromatic carbocycles. The first kappa shape index (κ1) is 15.1. The Balaban J connectivity index is 2.51. The van der Waals surface area contributed by atoms with Crippen LogP contribution in [-0.4, -0.2) is 15.0 Å². The molecule has 0 saturated carbocycles. The Morgan fingerprint density at radius 3 is 2.40 bits per heavy atom. The maximum Gasteiger partial charge on any atom is 0.443 e. The third-order valence-electron chi connectivity index (χ3n) is 2.47. The van der Waals surface area contributed by atoms with E-state index in [0.29, 0.717) is 32.4 Å². The van der Waals surface area contributed by atoms with Gasteiger partial charge in [0.15, 0.2) is 5.01 Å². The molecular weight excluding hydrogens is 307 g/mol. The summed E-state index contributed by atoms with van der Waals surface area (Å²) in [4.78, 5) is 11.0. The predicted molar refractivity (Wildman–Crippen MR) is 74.2 cm³/mol. The third-order valence-corrected chi connectivity index (χ3v) is 3.75. The number of hydrogen-bond acceptors (Lipinski definition) is 4. The SMILES string of the molecule is CC(C)(C)c1nc(=S)cc(-c2cnc(C(F)(F)F)s2)[nH]1. The van der Waals surface area contributed by atoms with Crippen molar-refractivity contribution >= 4 is 23.6 Å². The first-order chi connectivity index (χ1) is 9.07. The molecule has 0 aliphatic carbocycles. The van der Waals surface area contributed by atoms with Crippen molar-refractivity contribution in [2.45, 2.75) is 32.4 Å². The van der Waals surface area contributed by atoms with E-state index < -0.39 is 11.2 Å². The van der Waals surface area contributed by atoms with Gasteiger partial charge in [-0.25, -0.2) is 9.97 Å². The highest BCUT2D eigenvalue weighted by Crippen LogP contribution is 2.36. The van der Waals surface area contributed by atoms with Crippen LogP contribution in [0.25, 0.3) is 10.6 Å². The molecular formula is C12H12F3N3S2. The molecule has 2 heterocycles. The van der Waals surface area contributed by atoms with Crippen LogP contribution >= 0.6 is 23.6 Å². The average Bonchev–Trinajstić information content (AvgIpc) is 2.75. The van der Waals surface area contributed by atoms with Crippen molar-refractivity contribution in [3.8, 4) is 10.6 Å². The van der Waals surface area contributed by atoms with Crippen LogP contribution in [0.2, 0.25) is 0 Å².